The van der Waals surface area contributed by atoms with E-state index >= 15 is 0 Å². The van der Waals surface area contributed by atoms with Gasteiger partial charge in [-0.05, 0) is 37.0 Å². The normalized spacial score (nSPS) is 18.5. The molecule has 1 saturated heterocycles. The SMILES string of the molecule is N#Cc1ccc(CCCC2SC(=O)NC2=O)cc1. The second-order valence-electron chi connectivity index (χ2n) is 4.08. The first kappa shape index (κ1) is 12.7. The van der Waals surface area contributed by atoms with Crippen LogP contribution in [-0.2, 0) is 11.2 Å². The predicted molar refractivity (Wildman–Crippen MR) is 69.0 cm³/mol. The second-order valence-corrected chi connectivity index (χ2v) is 5.26. The van der Waals surface area contributed by atoms with E-state index < -0.39 is 0 Å². The van der Waals surface area contributed by atoms with Crippen molar-refractivity contribution in [2.75, 3.05) is 0 Å². The standard InChI is InChI=1S/C13H12N2O2S/c14-8-10-6-4-9(5-7-10)2-1-3-11-12(16)15-13(17)18-11/h4-7,11H,1-3H2,(H,15,16,17). The molecule has 0 spiro atoms. The summed E-state index contributed by atoms with van der Waals surface area (Å²) in [5.74, 6) is -0.176. The van der Waals surface area contributed by atoms with E-state index in [-0.39, 0.29) is 16.4 Å². The smallest absolute Gasteiger partial charge is 0.286 e. The number of carbonyl (C=O) groups excluding carboxylic acids is 2. The molecule has 1 aliphatic heterocycles. The fourth-order valence-electron chi connectivity index (χ4n) is 1.82. The van der Waals surface area contributed by atoms with Crippen molar-refractivity contribution in [1.29, 1.82) is 5.26 Å². The van der Waals surface area contributed by atoms with E-state index in [1.807, 2.05) is 12.1 Å². The maximum Gasteiger partial charge on any atom is 0.286 e. The minimum atomic E-state index is -0.247. The number of imide groups is 1. The Morgan fingerprint density at radius 2 is 2.00 bits per heavy atom. The van der Waals surface area contributed by atoms with Crippen LogP contribution in [0, 0.1) is 11.3 Å². The van der Waals surface area contributed by atoms with Gasteiger partial charge in [0.05, 0.1) is 16.9 Å². The van der Waals surface area contributed by atoms with Crippen LogP contribution in [0.25, 0.3) is 0 Å². The van der Waals surface area contributed by atoms with Crippen LogP contribution in [0.5, 0.6) is 0 Å². The van der Waals surface area contributed by atoms with Crippen molar-refractivity contribution < 1.29 is 9.59 Å². The molecule has 2 amide bonds. The first-order valence-electron chi connectivity index (χ1n) is 5.69. The van der Waals surface area contributed by atoms with Gasteiger partial charge in [0.25, 0.3) is 5.24 Å². The number of hydrogen-bond acceptors (Lipinski definition) is 4. The lowest BCUT2D eigenvalue weighted by molar-refractivity contribution is -0.119. The van der Waals surface area contributed by atoms with Crippen LogP contribution < -0.4 is 5.32 Å². The van der Waals surface area contributed by atoms with E-state index in [0.29, 0.717) is 12.0 Å². The Kier molecular flexibility index (Phi) is 4.00. The topological polar surface area (TPSA) is 70.0 Å². The summed E-state index contributed by atoms with van der Waals surface area (Å²) in [6.45, 7) is 0. The van der Waals surface area contributed by atoms with Gasteiger partial charge >= 0.3 is 0 Å². The fraction of sp³-hybridized carbons (Fsp3) is 0.308. The highest BCUT2D eigenvalue weighted by molar-refractivity contribution is 8.15. The highest BCUT2D eigenvalue weighted by atomic mass is 32.2. The number of benzene rings is 1. The quantitative estimate of drug-likeness (QED) is 0.901. The summed E-state index contributed by atoms with van der Waals surface area (Å²) in [6.07, 6.45) is 2.40. The van der Waals surface area contributed by atoms with Crippen LogP contribution in [0.3, 0.4) is 0 Å². The first-order chi connectivity index (χ1) is 8.69. The third-order valence-corrected chi connectivity index (χ3v) is 3.83. The Morgan fingerprint density at radius 1 is 1.28 bits per heavy atom. The average Bonchev–Trinajstić information content (AvgIpc) is 2.69. The van der Waals surface area contributed by atoms with Gasteiger partial charge in [-0.25, -0.2) is 0 Å². The molecule has 2 rings (SSSR count). The van der Waals surface area contributed by atoms with Crippen molar-refractivity contribution >= 4 is 22.9 Å². The Hall–Kier alpha value is -1.80. The number of nitrogens with one attached hydrogen (secondary N) is 1. The Bertz CT molecular complexity index is 505. The van der Waals surface area contributed by atoms with E-state index in [1.54, 1.807) is 12.1 Å². The van der Waals surface area contributed by atoms with Crippen LogP contribution in [0.15, 0.2) is 24.3 Å². The number of amides is 2. The van der Waals surface area contributed by atoms with Gasteiger partial charge in [-0.15, -0.1) is 0 Å². The number of nitrogens with zero attached hydrogens (tertiary/aromatic N) is 1. The Labute approximate surface area is 109 Å². The molecule has 0 radical (unpaired) electrons. The summed E-state index contributed by atoms with van der Waals surface area (Å²) in [5, 5.41) is 10.5. The molecule has 5 heteroatoms. The van der Waals surface area contributed by atoms with E-state index in [0.717, 1.165) is 30.2 Å². The minimum Gasteiger partial charge on any atom is -0.286 e. The van der Waals surface area contributed by atoms with Gasteiger partial charge in [0.15, 0.2) is 0 Å². The maximum atomic E-state index is 11.3. The van der Waals surface area contributed by atoms with Crippen LogP contribution in [0.4, 0.5) is 4.79 Å². The van der Waals surface area contributed by atoms with E-state index in [2.05, 4.69) is 11.4 Å². The molecule has 1 aromatic carbocycles. The highest BCUT2D eigenvalue weighted by Gasteiger charge is 2.30. The number of aryl methyl sites for hydroxylation is 1. The van der Waals surface area contributed by atoms with Crippen LogP contribution in [0.1, 0.15) is 24.0 Å². The minimum absolute atomic E-state index is 0.176. The summed E-state index contributed by atoms with van der Waals surface area (Å²) in [4.78, 5) is 22.3. The molecule has 1 aliphatic rings. The number of nitriles is 1. The summed E-state index contributed by atoms with van der Waals surface area (Å²) in [6, 6.07) is 9.49. The largest absolute Gasteiger partial charge is 0.286 e. The molecule has 1 N–H and O–H groups in total. The number of rotatable bonds is 4. The van der Waals surface area contributed by atoms with Gasteiger partial charge in [-0.2, -0.15) is 5.26 Å². The molecule has 0 bridgehead atoms. The van der Waals surface area contributed by atoms with E-state index in [4.69, 9.17) is 5.26 Å². The molecule has 1 fully saturated rings. The zero-order chi connectivity index (χ0) is 13.0. The van der Waals surface area contributed by atoms with Gasteiger partial charge in [0.2, 0.25) is 5.91 Å². The predicted octanol–water partition coefficient (Wildman–Crippen LogP) is 2.23. The molecule has 1 heterocycles. The molecule has 0 aromatic heterocycles. The molecule has 1 atom stereocenters. The van der Waals surface area contributed by atoms with E-state index in [9.17, 15) is 9.59 Å². The molecule has 4 nitrogen and oxygen atoms in total. The molecule has 18 heavy (non-hydrogen) atoms. The summed E-state index contributed by atoms with van der Waals surface area (Å²) in [7, 11) is 0. The van der Waals surface area contributed by atoms with Crippen LogP contribution in [0.2, 0.25) is 0 Å². The third kappa shape index (κ3) is 3.11. The van der Waals surface area contributed by atoms with Crippen molar-refractivity contribution in [3.8, 4) is 6.07 Å². The van der Waals surface area contributed by atoms with Gasteiger partial charge in [-0.3, -0.25) is 14.9 Å². The molecular formula is C13H12N2O2S. The van der Waals surface area contributed by atoms with Crippen molar-refractivity contribution in [3.05, 3.63) is 35.4 Å². The monoisotopic (exact) mass is 260 g/mol. The van der Waals surface area contributed by atoms with Gasteiger partial charge in [-0.1, -0.05) is 23.9 Å². The summed E-state index contributed by atoms with van der Waals surface area (Å²) in [5.41, 5.74) is 1.79. The van der Waals surface area contributed by atoms with Crippen LogP contribution in [-0.4, -0.2) is 16.4 Å². The molecule has 92 valence electrons. The molecule has 0 aliphatic carbocycles. The second kappa shape index (κ2) is 5.69. The van der Waals surface area contributed by atoms with Crippen molar-refractivity contribution in [2.45, 2.75) is 24.5 Å². The van der Waals surface area contributed by atoms with E-state index in [1.165, 1.54) is 0 Å². The van der Waals surface area contributed by atoms with Crippen molar-refractivity contribution in [1.82, 2.24) is 5.32 Å². The van der Waals surface area contributed by atoms with Gasteiger partial charge < -0.3 is 0 Å². The van der Waals surface area contributed by atoms with Gasteiger partial charge in [0.1, 0.15) is 0 Å². The van der Waals surface area contributed by atoms with Gasteiger partial charge in [0, 0.05) is 0 Å². The molecule has 1 aromatic rings. The fourth-order valence-corrected chi connectivity index (χ4v) is 2.69. The lowest BCUT2D eigenvalue weighted by atomic mass is 10.1. The molecule has 0 saturated carbocycles. The van der Waals surface area contributed by atoms with Crippen molar-refractivity contribution in [2.24, 2.45) is 0 Å². The lowest BCUT2D eigenvalue weighted by Crippen LogP contribution is -2.24. The zero-order valence-electron chi connectivity index (χ0n) is 9.68. The Balaban J connectivity index is 1.80. The zero-order valence-corrected chi connectivity index (χ0v) is 10.5. The number of hydrogen-bond donors (Lipinski definition) is 1. The lowest BCUT2D eigenvalue weighted by Gasteiger charge is -2.05. The number of carbonyl (C=O) groups is 2. The number of thioether (sulfide) groups is 1. The third-order valence-electron chi connectivity index (χ3n) is 2.78. The van der Waals surface area contributed by atoms with Crippen molar-refractivity contribution in [3.63, 3.8) is 0 Å². The first-order valence-corrected chi connectivity index (χ1v) is 6.57. The molecular weight excluding hydrogens is 248 g/mol. The summed E-state index contributed by atoms with van der Waals surface area (Å²) >= 11 is 1.07. The molecule has 1 unspecified atom stereocenters. The summed E-state index contributed by atoms with van der Waals surface area (Å²) < 4.78 is 0. The Morgan fingerprint density at radius 3 is 2.56 bits per heavy atom. The average molecular weight is 260 g/mol. The highest BCUT2D eigenvalue weighted by Crippen LogP contribution is 2.23. The maximum absolute atomic E-state index is 11.3. The van der Waals surface area contributed by atoms with Crippen LogP contribution >= 0.6 is 11.8 Å².